The Hall–Kier alpha value is -2.46. The van der Waals surface area contributed by atoms with Crippen molar-refractivity contribution in [2.24, 2.45) is 0 Å². The summed E-state index contributed by atoms with van der Waals surface area (Å²) in [7, 11) is 1.21. The van der Waals surface area contributed by atoms with Gasteiger partial charge in [0.15, 0.2) is 0 Å². The monoisotopic (exact) mass is 201 g/mol. The third kappa shape index (κ3) is 2.75. The third-order valence-electron chi connectivity index (χ3n) is 1.61. The van der Waals surface area contributed by atoms with Crippen LogP contribution in [0.1, 0.15) is 11.1 Å². The molecule has 0 saturated carbocycles. The first-order chi connectivity index (χ1) is 7.17. The van der Waals surface area contributed by atoms with E-state index in [1.54, 1.807) is 0 Å². The van der Waals surface area contributed by atoms with Crippen molar-refractivity contribution in [2.75, 3.05) is 7.11 Å². The van der Waals surface area contributed by atoms with Gasteiger partial charge in [-0.15, -0.1) is 0 Å². The number of benzene rings is 1. The molecule has 0 radical (unpaired) electrons. The highest BCUT2D eigenvalue weighted by atomic mass is 16.5. The average Bonchev–Trinajstić information content (AvgIpc) is 2.27. The molecule has 4 nitrogen and oxygen atoms in total. The number of nitrogens with zero attached hydrogens (tertiary/aromatic N) is 1. The van der Waals surface area contributed by atoms with Crippen molar-refractivity contribution in [2.45, 2.75) is 0 Å². The van der Waals surface area contributed by atoms with Gasteiger partial charge in [-0.1, -0.05) is 5.92 Å². The standard InChI is InChI=1S/C11H7NO3/c1-15-11(14)5-3-9-6-8(7-12)2-4-10(9)13/h2,4,6,13H,1H3. The number of rotatable bonds is 0. The zero-order valence-electron chi connectivity index (χ0n) is 7.94. The van der Waals surface area contributed by atoms with Crippen molar-refractivity contribution >= 4 is 5.97 Å². The summed E-state index contributed by atoms with van der Waals surface area (Å²) in [6.45, 7) is 0. The molecule has 0 aromatic heterocycles. The number of carbonyl (C=O) groups is 1. The van der Waals surface area contributed by atoms with Gasteiger partial charge in [-0.05, 0) is 18.2 Å². The summed E-state index contributed by atoms with van der Waals surface area (Å²) in [6.07, 6.45) is 0. The van der Waals surface area contributed by atoms with Crippen molar-refractivity contribution in [1.29, 1.82) is 5.26 Å². The van der Waals surface area contributed by atoms with E-state index in [1.807, 2.05) is 6.07 Å². The van der Waals surface area contributed by atoms with E-state index in [-0.39, 0.29) is 11.3 Å². The molecule has 0 amide bonds. The summed E-state index contributed by atoms with van der Waals surface area (Å²) in [5, 5.41) is 18.0. The van der Waals surface area contributed by atoms with E-state index in [0.717, 1.165) is 0 Å². The topological polar surface area (TPSA) is 70.3 Å². The number of hydrogen-bond acceptors (Lipinski definition) is 4. The summed E-state index contributed by atoms with van der Waals surface area (Å²) in [5.41, 5.74) is 0.585. The van der Waals surface area contributed by atoms with Gasteiger partial charge in [-0.2, -0.15) is 5.26 Å². The fourth-order valence-electron chi connectivity index (χ4n) is 0.875. The number of esters is 1. The first-order valence-electron chi connectivity index (χ1n) is 4.00. The first-order valence-corrected chi connectivity index (χ1v) is 4.00. The molecule has 0 fully saturated rings. The lowest BCUT2D eigenvalue weighted by Crippen LogP contribution is -1.94. The van der Waals surface area contributed by atoms with E-state index in [2.05, 4.69) is 16.6 Å². The summed E-state index contributed by atoms with van der Waals surface area (Å²) in [6, 6.07) is 6.10. The van der Waals surface area contributed by atoms with Gasteiger partial charge in [-0.3, -0.25) is 0 Å². The number of ether oxygens (including phenoxy) is 1. The minimum Gasteiger partial charge on any atom is -0.507 e. The van der Waals surface area contributed by atoms with Crippen molar-refractivity contribution in [3.63, 3.8) is 0 Å². The number of hydrogen-bond donors (Lipinski definition) is 1. The molecule has 15 heavy (non-hydrogen) atoms. The van der Waals surface area contributed by atoms with Crippen LogP contribution in [0.3, 0.4) is 0 Å². The molecule has 0 aliphatic carbocycles. The predicted octanol–water partition coefficient (Wildman–Crippen LogP) is 0.788. The maximum absolute atomic E-state index is 10.7. The van der Waals surface area contributed by atoms with Crippen LogP contribution in [0.5, 0.6) is 5.75 Å². The van der Waals surface area contributed by atoms with Crippen LogP contribution in [0.2, 0.25) is 0 Å². The fourth-order valence-corrected chi connectivity index (χ4v) is 0.875. The largest absolute Gasteiger partial charge is 0.507 e. The van der Waals surface area contributed by atoms with E-state index in [1.165, 1.54) is 25.3 Å². The van der Waals surface area contributed by atoms with Gasteiger partial charge in [0.1, 0.15) is 5.75 Å². The quantitative estimate of drug-likeness (QED) is 0.497. The van der Waals surface area contributed by atoms with Crippen LogP contribution >= 0.6 is 0 Å². The van der Waals surface area contributed by atoms with Gasteiger partial charge in [-0.25, -0.2) is 4.79 Å². The first kappa shape index (κ1) is 10.6. The van der Waals surface area contributed by atoms with Gasteiger partial charge in [0.2, 0.25) is 0 Å². The Labute approximate surface area is 86.7 Å². The van der Waals surface area contributed by atoms with E-state index >= 15 is 0 Å². The van der Waals surface area contributed by atoms with E-state index in [0.29, 0.717) is 5.56 Å². The van der Waals surface area contributed by atoms with Gasteiger partial charge >= 0.3 is 5.97 Å². The molecule has 0 saturated heterocycles. The molecule has 0 unspecified atom stereocenters. The summed E-state index contributed by atoms with van der Waals surface area (Å²) >= 11 is 0. The average molecular weight is 201 g/mol. The Morgan fingerprint density at radius 1 is 1.53 bits per heavy atom. The summed E-state index contributed by atoms with van der Waals surface area (Å²) < 4.78 is 4.31. The molecular formula is C11H7NO3. The van der Waals surface area contributed by atoms with Crippen molar-refractivity contribution in [3.8, 4) is 23.7 Å². The SMILES string of the molecule is COC(=O)C#Cc1cc(C#N)ccc1O. The second-order valence-electron chi connectivity index (χ2n) is 2.59. The molecule has 0 bridgehead atoms. The Bertz CT molecular complexity index is 489. The Morgan fingerprint density at radius 2 is 2.27 bits per heavy atom. The van der Waals surface area contributed by atoms with E-state index in [4.69, 9.17) is 5.26 Å². The van der Waals surface area contributed by atoms with Crippen molar-refractivity contribution in [3.05, 3.63) is 29.3 Å². The molecule has 1 aromatic rings. The number of phenolic OH excluding ortho intramolecular Hbond substituents is 1. The Kier molecular flexibility index (Phi) is 3.32. The molecule has 0 aliphatic heterocycles. The molecule has 1 rings (SSSR count). The highest BCUT2D eigenvalue weighted by Crippen LogP contribution is 2.16. The molecule has 0 heterocycles. The smallest absolute Gasteiger partial charge is 0.384 e. The number of phenols is 1. The maximum atomic E-state index is 10.7. The van der Waals surface area contributed by atoms with Crippen LogP contribution in [0.15, 0.2) is 18.2 Å². The molecule has 1 N–H and O–H groups in total. The lowest BCUT2D eigenvalue weighted by atomic mass is 10.1. The lowest BCUT2D eigenvalue weighted by molar-refractivity contribution is -0.133. The Morgan fingerprint density at radius 3 is 2.87 bits per heavy atom. The van der Waals surface area contributed by atoms with E-state index < -0.39 is 5.97 Å². The molecule has 0 aliphatic rings. The van der Waals surface area contributed by atoms with Gasteiger partial charge in [0, 0.05) is 5.92 Å². The molecule has 0 atom stereocenters. The number of carbonyl (C=O) groups excluding carboxylic acids is 1. The number of nitriles is 1. The highest BCUT2D eigenvalue weighted by molar-refractivity contribution is 5.89. The van der Waals surface area contributed by atoms with Crippen molar-refractivity contribution < 1.29 is 14.6 Å². The van der Waals surface area contributed by atoms with Crippen molar-refractivity contribution in [1.82, 2.24) is 0 Å². The predicted molar refractivity (Wildman–Crippen MR) is 51.7 cm³/mol. The van der Waals surface area contributed by atoms with Crippen LogP contribution in [-0.2, 0) is 9.53 Å². The highest BCUT2D eigenvalue weighted by Gasteiger charge is 2.00. The number of aromatic hydroxyl groups is 1. The normalized spacial score (nSPS) is 8.27. The molecule has 0 spiro atoms. The van der Waals surface area contributed by atoms with Crippen LogP contribution in [0.25, 0.3) is 0 Å². The zero-order valence-corrected chi connectivity index (χ0v) is 7.94. The third-order valence-corrected chi connectivity index (χ3v) is 1.61. The Balaban J connectivity index is 3.08. The van der Waals surface area contributed by atoms with Crippen LogP contribution in [-0.4, -0.2) is 18.2 Å². The zero-order chi connectivity index (χ0) is 11.3. The van der Waals surface area contributed by atoms with Crippen LogP contribution < -0.4 is 0 Å². The second kappa shape index (κ2) is 4.69. The van der Waals surface area contributed by atoms with Gasteiger partial charge in [0.05, 0.1) is 24.3 Å². The minimum atomic E-state index is -0.697. The van der Waals surface area contributed by atoms with Crippen LogP contribution in [0.4, 0.5) is 0 Å². The molecule has 74 valence electrons. The molecular weight excluding hydrogens is 194 g/mol. The van der Waals surface area contributed by atoms with Gasteiger partial charge in [0.25, 0.3) is 0 Å². The maximum Gasteiger partial charge on any atom is 0.384 e. The second-order valence-corrected chi connectivity index (χ2v) is 2.59. The fraction of sp³-hybridized carbons (Fsp3) is 0.0909. The molecule has 1 aromatic carbocycles. The molecule has 4 heteroatoms. The lowest BCUT2D eigenvalue weighted by Gasteiger charge is -1.95. The van der Waals surface area contributed by atoms with Gasteiger partial charge < -0.3 is 9.84 Å². The van der Waals surface area contributed by atoms with Crippen LogP contribution in [0, 0.1) is 23.2 Å². The summed E-state index contributed by atoms with van der Waals surface area (Å²) in [5.74, 6) is 3.80. The number of methoxy groups -OCH3 is 1. The van der Waals surface area contributed by atoms with E-state index in [9.17, 15) is 9.90 Å². The minimum absolute atomic E-state index is 0.0783. The summed E-state index contributed by atoms with van der Waals surface area (Å²) in [4.78, 5) is 10.7.